The largest absolute Gasteiger partial charge is 0.324 e. The van der Waals surface area contributed by atoms with E-state index in [9.17, 15) is 19.2 Å². The van der Waals surface area contributed by atoms with E-state index in [1.807, 2.05) is 18.2 Å². The van der Waals surface area contributed by atoms with Crippen LogP contribution in [0.25, 0.3) is 0 Å². The van der Waals surface area contributed by atoms with Gasteiger partial charge in [0, 0.05) is 42.6 Å². The van der Waals surface area contributed by atoms with Gasteiger partial charge >= 0.3 is 0 Å². The average molecular weight is 433 g/mol. The molecule has 0 saturated heterocycles. The molecule has 1 saturated carbocycles. The zero-order valence-corrected chi connectivity index (χ0v) is 18.5. The van der Waals surface area contributed by atoms with E-state index in [4.69, 9.17) is 0 Å². The highest BCUT2D eigenvalue weighted by atomic mass is 16.2. The van der Waals surface area contributed by atoms with Crippen LogP contribution in [0.2, 0.25) is 0 Å². The highest BCUT2D eigenvalue weighted by Gasteiger charge is 2.36. The Bertz CT molecular complexity index is 1090. The average Bonchev–Trinajstić information content (AvgIpc) is 3.08. The Balaban J connectivity index is 1.50. The van der Waals surface area contributed by atoms with Gasteiger partial charge in [-0.1, -0.05) is 26.0 Å². The van der Waals surface area contributed by atoms with Gasteiger partial charge in [0.2, 0.25) is 0 Å². The molecular formula is C26H28N2O4. The number of rotatable bonds is 4. The molecule has 32 heavy (non-hydrogen) atoms. The molecule has 1 unspecified atom stereocenters. The van der Waals surface area contributed by atoms with Gasteiger partial charge in [-0.2, -0.15) is 0 Å². The number of nitrogens with zero attached hydrogens (tertiary/aromatic N) is 1. The summed E-state index contributed by atoms with van der Waals surface area (Å²) in [5.41, 5.74) is 3.61. The van der Waals surface area contributed by atoms with Crippen LogP contribution in [0.15, 0.2) is 42.5 Å². The van der Waals surface area contributed by atoms with Crippen LogP contribution in [0.4, 0.5) is 5.69 Å². The lowest BCUT2D eigenvalue weighted by Gasteiger charge is -2.27. The molecule has 1 aliphatic heterocycles. The maximum atomic E-state index is 13.0. The molecule has 2 aromatic carbocycles. The number of nitrogens with one attached hydrogen (secondary N) is 1. The quantitative estimate of drug-likeness (QED) is 0.772. The van der Waals surface area contributed by atoms with Gasteiger partial charge in [0.25, 0.3) is 11.8 Å². The zero-order chi connectivity index (χ0) is 22.8. The molecule has 2 amide bonds. The molecule has 0 bridgehead atoms. The number of ketones is 2. The summed E-state index contributed by atoms with van der Waals surface area (Å²) in [4.78, 5) is 51.8. The second kappa shape index (κ2) is 9.07. The van der Waals surface area contributed by atoms with Crippen LogP contribution in [0.3, 0.4) is 0 Å². The fourth-order valence-corrected chi connectivity index (χ4v) is 4.45. The fourth-order valence-electron chi connectivity index (χ4n) is 4.45. The number of carbonyl (C=O) groups is 4. The van der Waals surface area contributed by atoms with Gasteiger partial charge in [0.05, 0.1) is 6.04 Å². The maximum Gasteiger partial charge on any atom is 0.255 e. The zero-order valence-electron chi connectivity index (χ0n) is 18.5. The number of carbonyl (C=O) groups excluding carboxylic acids is 4. The molecule has 2 aliphatic rings. The van der Waals surface area contributed by atoms with E-state index in [0.717, 1.165) is 11.1 Å². The molecule has 1 heterocycles. The number of fused-ring (bicyclic) bond motifs is 1. The predicted octanol–water partition coefficient (Wildman–Crippen LogP) is 4.49. The van der Waals surface area contributed by atoms with Crippen molar-refractivity contribution in [1.82, 2.24) is 4.90 Å². The summed E-state index contributed by atoms with van der Waals surface area (Å²) in [5.74, 6) is 0.109. The Morgan fingerprint density at radius 1 is 1.03 bits per heavy atom. The Morgan fingerprint density at radius 3 is 2.62 bits per heavy atom. The lowest BCUT2D eigenvalue weighted by atomic mass is 9.94. The van der Waals surface area contributed by atoms with Gasteiger partial charge in [-0.15, -0.1) is 0 Å². The minimum absolute atomic E-state index is 0.0252. The van der Waals surface area contributed by atoms with Crippen molar-refractivity contribution in [3.8, 4) is 0 Å². The molecule has 1 aliphatic carbocycles. The number of hydrogen-bond acceptors (Lipinski definition) is 4. The van der Waals surface area contributed by atoms with E-state index < -0.39 is 6.04 Å². The molecule has 166 valence electrons. The number of benzene rings is 2. The summed E-state index contributed by atoms with van der Waals surface area (Å²) >= 11 is 0. The molecule has 0 aromatic heterocycles. The molecule has 0 radical (unpaired) electrons. The van der Waals surface area contributed by atoms with Crippen molar-refractivity contribution in [2.45, 2.75) is 64.5 Å². The lowest BCUT2D eigenvalue weighted by Crippen LogP contribution is -2.42. The Hall–Kier alpha value is -3.28. The highest BCUT2D eigenvalue weighted by Crippen LogP contribution is 2.30. The smallest absolute Gasteiger partial charge is 0.255 e. The number of Topliss-reactive ketones (excluding diaryl/α,β-unsaturated/α-hetero) is 2. The maximum absolute atomic E-state index is 13.0. The third-order valence-electron chi connectivity index (χ3n) is 6.33. The Morgan fingerprint density at radius 2 is 1.84 bits per heavy atom. The first-order chi connectivity index (χ1) is 15.3. The van der Waals surface area contributed by atoms with Gasteiger partial charge in [-0.25, -0.2) is 0 Å². The van der Waals surface area contributed by atoms with Gasteiger partial charge in [-0.3, -0.25) is 19.2 Å². The van der Waals surface area contributed by atoms with Gasteiger partial charge in [0.1, 0.15) is 5.78 Å². The second-order valence-electron chi connectivity index (χ2n) is 8.95. The third-order valence-corrected chi connectivity index (χ3v) is 6.33. The number of anilines is 1. The molecule has 1 N–H and O–H groups in total. The summed E-state index contributed by atoms with van der Waals surface area (Å²) < 4.78 is 0. The molecular weight excluding hydrogens is 404 g/mol. The summed E-state index contributed by atoms with van der Waals surface area (Å²) in [7, 11) is 0. The predicted molar refractivity (Wildman–Crippen MR) is 122 cm³/mol. The first kappa shape index (κ1) is 21.9. The van der Waals surface area contributed by atoms with E-state index >= 15 is 0 Å². The first-order valence-electron chi connectivity index (χ1n) is 11.2. The van der Waals surface area contributed by atoms with Crippen LogP contribution in [0.5, 0.6) is 0 Å². The molecule has 0 spiro atoms. The highest BCUT2D eigenvalue weighted by molar-refractivity contribution is 6.06. The van der Waals surface area contributed by atoms with Crippen LogP contribution < -0.4 is 5.32 Å². The van der Waals surface area contributed by atoms with Crippen molar-refractivity contribution in [1.29, 1.82) is 0 Å². The molecule has 4 rings (SSSR count). The molecule has 2 aromatic rings. The normalized spacial score (nSPS) is 19.0. The van der Waals surface area contributed by atoms with Crippen LogP contribution in [0, 0.1) is 0 Å². The lowest BCUT2D eigenvalue weighted by molar-refractivity contribution is -0.126. The topological polar surface area (TPSA) is 83.6 Å². The summed E-state index contributed by atoms with van der Waals surface area (Å²) in [5, 5.41) is 2.92. The van der Waals surface area contributed by atoms with Crippen LogP contribution in [-0.4, -0.2) is 34.3 Å². The Labute approximate surface area is 188 Å². The van der Waals surface area contributed by atoms with Crippen molar-refractivity contribution < 1.29 is 19.2 Å². The van der Waals surface area contributed by atoms with Gasteiger partial charge in [0.15, 0.2) is 5.78 Å². The van der Waals surface area contributed by atoms with Crippen LogP contribution in [0.1, 0.15) is 83.7 Å². The van der Waals surface area contributed by atoms with Gasteiger partial charge in [-0.05, 0) is 60.2 Å². The minimum Gasteiger partial charge on any atom is -0.324 e. The second-order valence-corrected chi connectivity index (χ2v) is 8.95. The van der Waals surface area contributed by atoms with E-state index in [1.54, 1.807) is 29.2 Å². The summed E-state index contributed by atoms with van der Waals surface area (Å²) in [6, 6.07) is 12.2. The van der Waals surface area contributed by atoms with E-state index in [2.05, 4.69) is 19.2 Å². The van der Waals surface area contributed by atoms with Gasteiger partial charge < -0.3 is 10.2 Å². The number of hydrogen-bond donors (Lipinski definition) is 1. The standard InChI is InChI=1S/C26H28N2O4/c1-16(2)17-5-3-6-18(13-17)25(31)27-20-9-11-22-19(14-20)15-28(26(22)32)23-12-10-21(29)7-4-8-24(23)30/h3,5-6,9,11,13-14,16,23H,4,7-8,10,12,15H2,1-2H3,(H,27,31). The van der Waals surface area contributed by atoms with Crippen molar-refractivity contribution in [3.63, 3.8) is 0 Å². The fraction of sp³-hybridized carbons (Fsp3) is 0.385. The van der Waals surface area contributed by atoms with Crippen molar-refractivity contribution in [2.75, 3.05) is 5.32 Å². The van der Waals surface area contributed by atoms with E-state index in [0.29, 0.717) is 61.4 Å². The monoisotopic (exact) mass is 432 g/mol. The van der Waals surface area contributed by atoms with Crippen molar-refractivity contribution >= 4 is 29.1 Å². The third kappa shape index (κ3) is 4.49. The summed E-state index contributed by atoms with van der Waals surface area (Å²) in [6.07, 6.45) is 2.03. The first-order valence-corrected chi connectivity index (χ1v) is 11.2. The molecule has 6 nitrogen and oxygen atoms in total. The molecule has 6 heteroatoms. The summed E-state index contributed by atoms with van der Waals surface area (Å²) in [6.45, 7) is 4.47. The van der Waals surface area contributed by atoms with Crippen LogP contribution in [-0.2, 0) is 16.1 Å². The molecule has 1 fully saturated rings. The van der Waals surface area contributed by atoms with E-state index in [-0.39, 0.29) is 23.4 Å². The SMILES string of the molecule is CC(C)c1cccc(C(=O)Nc2ccc3c(c2)CN(C2CCC(=O)CCCC2=O)C3=O)c1. The number of amides is 2. The van der Waals surface area contributed by atoms with Crippen molar-refractivity contribution in [3.05, 3.63) is 64.7 Å². The Kier molecular flexibility index (Phi) is 6.21. The van der Waals surface area contributed by atoms with E-state index in [1.165, 1.54) is 0 Å². The van der Waals surface area contributed by atoms with Crippen molar-refractivity contribution in [2.24, 2.45) is 0 Å². The minimum atomic E-state index is -0.559. The molecule has 1 atom stereocenters. The van der Waals surface area contributed by atoms with Crippen LogP contribution >= 0.6 is 0 Å².